The van der Waals surface area contributed by atoms with Crippen LogP contribution < -0.4 is 10.3 Å². The van der Waals surface area contributed by atoms with Crippen LogP contribution in [-0.2, 0) is 16.6 Å². The van der Waals surface area contributed by atoms with Crippen LogP contribution in [0.15, 0.2) is 93.5 Å². The summed E-state index contributed by atoms with van der Waals surface area (Å²) < 4.78 is 29.2. The van der Waals surface area contributed by atoms with Gasteiger partial charge in [-0.2, -0.15) is 0 Å². The van der Waals surface area contributed by atoms with Crippen LogP contribution in [0.4, 0.5) is 5.69 Å². The van der Waals surface area contributed by atoms with E-state index in [4.69, 9.17) is 0 Å². The van der Waals surface area contributed by atoms with E-state index in [9.17, 15) is 13.2 Å². The highest BCUT2D eigenvalue weighted by molar-refractivity contribution is 7.89. The Bertz CT molecular complexity index is 1430. The zero-order valence-corrected chi connectivity index (χ0v) is 19.1. The molecule has 0 atom stereocenters. The molecule has 0 aliphatic carbocycles. The predicted octanol–water partition coefficient (Wildman–Crippen LogP) is 4.01. The van der Waals surface area contributed by atoms with Gasteiger partial charge in [-0.15, -0.1) is 0 Å². The van der Waals surface area contributed by atoms with E-state index in [2.05, 4.69) is 14.8 Å². The number of aliphatic imine (C=N–C) groups is 1. The van der Waals surface area contributed by atoms with Gasteiger partial charge in [-0.05, 0) is 55.8 Å². The van der Waals surface area contributed by atoms with Crippen molar-refractivity contribution in [3.05, 3.63) is 112 Å². The summed E-state index contributed by atoms with van der Waals surface area (Å²) >= 11 is 0. The minimum absolute atomic E-state index is 0.150. The number of hydrogen-bond acceptors (Lipinski definition) is 4. The van der Waals surface area contributed by atoms with Crippen molar-refractivity contribution in [2.45, 2.75) is 25.3 Å². The first-order valence-electron chi connectivity index (χ1n) is 10.4. The SMILES string of the molecule is Cc1ccc(-n2[nH]c(C)c(C=Nc3ccc(S(=O)(=O)NCc4ccccc4)cc3)c2=O)cc1. The third kappa shape index (κ3) is 5.19. The molecule has 8 heteroatoms. The maximum atomic E-state index is 12.8. The largest absolute Gasteiger partial charge is 0.295 e. The van der Waals surface area contributed by atoms with Crippen molar-refractivity contribution in [1.29, 1.82) is 0 Å². The Kier molecular flexibility index (Phi) is 6.39. The summed E-state index contributed by atoms with van der Waals surface area (Å²) in [4.78, 5) is 17.3. The molecule has 33 heavy (non-hydrogen) atoms. The Morgan fingerprint density at radius 2 is 1.61 bits per heavy atom. The average Bonchev–Trinajstić information content (AvgIpc) is 3.11. The smallest absolute Gasteiger partial charge is 0.280 e. The molecule has 3 aromatic carbocycles. The second-order valence-corrected chi connectivity index (χ2v) is 9.46. The van der Waals surface area contributed by atoms with Crippen LogP contribution in [0.3, 0.4) is 0 Å². The van der Waals surface area contributed by atoms with Crippen molar-refractivity contribution in [2.24, 2.45) is 4.99 Å². The summed E-state index contributed by atoms with van der Waals surface area (Å²) in [5.74, 6) is 0. The van der Waals surface area contributed by atoms with Crippen LogP contribution in [0.1, 0.15) is 22.4 Å². The lowest BCUT2D eigenvalue weighted by atomic mass is 10.2. The van der Waals surface area contributed by atoms with Crippen molar-refractivity contribution < 1.29 is 8.42 Å². The van der Waals surface area contributed by atoms with Crippen LogP contribution in [-0.4, -0.2) is 24.4 Å². The Morgan fingerprint density at radius 1 is 0.939 bits per heavy atom. The summed E-state index contributed by atoms with van der Waals surface area (Å²) in [6, 6.07) is 23.1. The molecule has 1 heterocycles. The van der Waals surface area contributed by atoms with Gasteiger partial charge in [-0.25, -0.2) is 17.8 Å². The van der Waals surface area contributed by atoms with Crippen molar-refractivity contribution in [2.75, 3.05) is 0 Å². The lowest BCUT2D eigenvalue weighted by molar-refractivity contribution is 0.581. The standard InChI is InChI=1S/C25H24N4O3S/c1-18-8-12-22(13-9-18)29-25(30)24(19(2)28-29)17-26-21-10-14-23(15-11-21)33(31,32)27-16-20-6-4-3-5-7-20/h3-15,17,27-28H,16H2,1-2H3. The minimum atomic E-state index is -3.65. The molecule has 0 aliphatic heterocycles. The number of rotatable bonds is 7. The highest BCUT2D eigenvalue weighted by Gasteiger charge is 2.14. The molecule has 0 saturated heterocycles. The number of aromatic amines is 1. The fourth-order valence-electron chi connectivity index (χ4n) is 3.30. The van der Waals surface area contributed by atoms with Gasteiger partial charge in [0.25, 0.3) is 5.56 Å². The van der Waals surface area contributed by atoms with Gasteiger partial charge >= 0.3 is 0 Å². The third-order valence-corrected chi connectivity index (χ3v) is 6.63. The van der Waals surface area contributed by atoms with Crippen molar-refractivity contribution in [3.8, 4) is 5.69 Å². The maximum absolute atomic E-state index is 12.8. The molecule has 168 valence electrons. The van der Waals surface area contributed by atoms with Crippen molar-refractivity contribution in [1.82, 2.24) is 14.5 Å². The van der Waals surface area contributed by atoms with E-state index >= 15 is 0 Å². The quantitative estimate of drug-likeness (QED) is 0.408. The summed E-state index contributed by atoms with van der Waals surface area (Å²) in [6.45, 7) is 4.01. The molecule has 1 aromatic heterocycles. The number of aromatic nitrogens is 2. The van der Waals surface area contributed by atoms with Gasteiger partial charge in [0.1, 0.15) is 0 Å². The normalized spacial score (nSPS) is 11.8. The Hall–Kier alpha value is -3.75. The molecule has 7 nitrogen and oxygen atoms in total. The molecule has 0 saturated carbocycles. The monoisotopic (exact) mass is 460 g/mol. The number of hydrogen-bond donors (Lipinski definition) is 2. The number of aryl methyl sites for hydroxylation is 2. The summed E-state index contributed by atoms with van der Waals surface area (Å²) in [7, 11) is -3.65. The Balaban J connectivity index is 1.49. The Labute approximate surface area is 192 Å². The van der Waals surface area contributed by atoms with Crippen molar-refractivity contribution >= 4 is 21.9 Å². The third-order valence-electron chi connectivity index (χ3n) is 5.21. The first-order chi connectivity index (χ1) is 15.8. The lowest BCUT2D eigenvalue weighted by Gasteiger charge is -2.07. The van der Waals surface area contributed by atoms with Gasteiger partial charge < -0.3 is 0 Å². The average molecular weight is 461 g/mol. The van der Waals surface area contributed by atoms with E-state index in [1.54, 1.807) is 12.1 Å². The van der Waals surface area contributed by atoms with Crippen LogP contribution in [0, 0.1) is 13.8 Å². The molecule has 0 bridgehead atoms. The van der Waals surface area contributed by atoms with Crippen LogP contribution >= 0.6 is 0 Å². The molecule has 0 spiro atoms. The maximum Gasteiger partial charge on any atom is 0.280 e. The fraction of sp³-hybridized carbons (Fsp3) is 0.120. The zero-order chi connectivity index (χ0) is 23.4. The van der Waals surface area contributed by atoms with E-state index in [-0.39, 0.29) is 17.0 Å². The van der Waals surface area contributed by atoms with Crippen LogP contribution in [0.25, 0.3) is 5.69 Å². The molecule has 0 aliphatic rings. The van der Waals surface area contributed by atoms with E-state index in [0.29, 0.717) is 16.9 Å². The zero-order valence-electron chi connectivity index (χ0n) is 18.3. The molecule has 4 aromatic rings. The first-order valence-corrected chi connectivity index (χ1v) is 11.9. The minimum Gasteiger partial charge on any atom is -0.295 e. The van der Waals surface area contributed by atoms with Crippen LogP contribution in [0.5, 0.6) is 0 Å². The van der Waals surface area contributed by atoms with Gasteiger partial charge in [0.15, 0.2) is 0 Å². The summed E-state index contributed by atoms with van der Waals surface area (Å²) in [6.07, 6.45) is 1.50. The molecule has 4 rings (SSSR count). The second kappa shape index (κ2) is 9.40. The van der Waals surface area contributed by atoms with Crippen LogP contribution in [0.2, 0.25) is 0 Å². The van der Waals surface area contributed by atoms with E-state index in [0.717, 1.165) is 16.8 Å². The number of nitrogens with zero attached hydrogens (tertiary/aromatic N) is 2. The molecule has 0 fully saturated rings. The highest BCUT2D eigenvalue weighted by Crippen LogP contribution is 2.17. The highest BCUT2D eigenvalue weighted by atomic mass is 32.2. The van der Waals surface area contributed by atoms with Gasteiger partial charge in [0.2, 0.25) is 10.0 Å². The lowest BCUT2D eigenvalue weighted by Crippen LogP contribution is -2.23. The molecule has 0 amide bonds. The van der Waals surface area contributed by atoms with E-state index < -0.39 is 10.0 Å². The van der Waals surface area contributed by atoms with Gasteiger partial charge in [0, 0.05) is 18.5 Å². The number of nitrogens with one attached hydrogen (secondary N) is 2. The summed E-state index contributed by atoms with van der Waals surface area (Å²) in [5.41, 5.74) is 4.19. The first kappa shape index (κ1) is 22.4. The number of sulfonamides is 1. The van der Waals surface area contributed by atoms with Gasteiger partial charge in [-0.1, -0.05) is 48.0 Å². The van der Waals surface area contributed by atoms with Crippen molar-refractivity contribution in [3.63, 3.8) is 0 Å². The fourth-order valence-corrected chi connectivity index (χ4v) is 4.31. The molecular weight excluding hydrogens is 436 g/mol. The molecule has 0 radical (unpaired) electrons. The van der Waals surface area contributed by atoms with E-state index in [1.807, 2.05) is 68.4 Å². The Morgan fingerprint density at radius 3 is 2.27 bits per heavy atom. The second-order valence-electron chi connectivity index (χ2n) is 7.69. The predicted molar refractivity (Wildman–Crippen MR) is 130 cm³/mol. The molecule has 0 unspecified atom stereocenters. The van der Waals surface area contributed by atoms with Gasteiger partial charge in [0.05, 0.1) is 21.8 Å². The summed E-state index contributed by atoms with van der Waals surface area (Å²) in [5, 5.41) is 3.07. The number of H-pyrrole nitrogens is 1. The topological polar surface area (TPSA) is 96.3 Å². The number of benzene rings is 3. The van der Waals surface area contributed by atoms with E-state index in [1.165, 1.54) is 23.0 Å². The molecule has 2 N–H and O–H groups in total. The van der Waals surface area contributed by atoms with Gasteiger partial charge in [-0.3, -0.25) is 14.9 Å². The molecular formula is C25H24N4O3S.